The minimum atomic E-state index is -0.185. The topological polar surface area (TPSA) is 37.3 Å². The van der Waals surface area contributed by atoms with Crippen LogP contribution in [-0.2, 0) is 4.79 Å². The van der Waals surface area contributed by atoms with Gasteiger partial charge in [-0.05, 0) is 103 Å². The highest BCUT2D eigenvalue weighted by Crippen LogP contribution is 2.68. The number of aliphatic hydroxyl groups excluding tert-OH is 1. The molecule has 0 radical (unpaired) electrons. The van der Waals surface area contributed by atoms with E-state index in [1.54, 1.807) is 0 Å². The Morgan fingerprint density at radius 3 is 2.43 bits per heavy atom. The molecule has 0 saturated heterocycles. The van der Waals surface area contributed by atoms with Crippen molar-refractivity contribution in [2.75, 3.05) is 4.43 Å². The number of aliphatic hydroxyl groups is 1. The minimum absolute atomic E-state index is 0.185. The molecule has 0 aromatic carbocycles. The number of fused-ring (bicyclic) bond motifs is 5. The van der Waals surface area contributed by atoms with Gasteiger partial charge in [0.2, 0.25) is 0 Å². The lowest BCUT2D eigenvalue weighted by atomic mass is 9.42. The summed E-state index contributed by atoms with van der Waals surface area (Å²) in [7, 11) is 0. The Morgan fingerprint density at radius 2 is 1.75 bits per heavy atom. The molecule has 0 aliphatic heterocycles. The van der Waals surface area contributed by atoms with Crippen molar-refractivity contribution in [3.8, 4) is 0 Å². The Morgan fingerprint density at radius 1 is 1.07 bits per heavy atom. The second-order valence-corrected chi connectivity index (χ2v) is 12.5. The summed E-state index contributed by atoms with van der Waals surface area (Å²) in [5.74, 6) is 4.27. The normalized spacial score (nSPS) is 51.9. The van der Waals surface area contributed by atoms with E-state index in [2.05, 4.69) is 50.3 Å². The summed E-state index contributed by atoms with van der Waals surface area (Å²) in [6, 6.07) is 0. The lowest BCUT2D eigenvalue weighted by Gasteiger charge is -2.62. The number of hydrogen-bond donors (Lipinski definition) is 1. The fraction of sp³-hybridized carbons (Fsp3) is 0.960. The molecule has 4 saturated carbocycles. The van der Waals surface area contributed by atoms with Gasteiger partial charge in [-0.15, -0.1) is 0 Å². The molecule has 2 nitrogen and oxygen atoms in total. The summed E-state index contributed by atoms with van der Waals surface area (Å²) in [5.41, 5.74) is 0.642. The van der Waals surface area contributed by atoms with Crippen LogP contribution < -0.4 is 0 Å². The molecular weight excluding hydrogens is 459 g/mol. The van der Waals surface area contributed by atoms with Crippen LogP contribution in [0.25, 0.3) is 0 Å². The Hall–Kier alpha value is 0.360. The molecule has 0 amide bonds. The molecule has 4 fully saturated rings. The number of halogens is 1. The first kappa shape index (κ1) is 21.6. The molecule has 0 aromatic heterocycles. The number of rotatable bonds is 4. The largest absolute Gasteiger partial charge is 0.393 e. The first-order valence-electron chi connectivity index (χ1n) is 12.1. The predicted octanol–water partition coefficient (Wildman–Crippen LogP) is 6.28. The van der Waals surface area contributed by atoms with E-state index in [1.165, 1.54) is 36.5 Å². The molecule has 28 heavy (non-hydrogen) atoms. The van der Waals surface area contributed by atoms with Crippen molar-refractivity contribution in [1.82, 2.24) is 0 Å². The number of alkyl halides is 1. The second-order valence-electron chi connectivity index (χ2n) is 11.4. The van der Waals surface area contributed by atoms with Crippen LogP contribution in [0.15, 0.2) is 0 Å². The molecule has 0 bridgehead atoms. The van der Waals surface area contributed by atoms with Crippen LogP contribution in [0.3, 0.4) is 0 Å². The van der Waals surface area contributed by atoms with Gasteiger partial charge in [0.1, 0.15) is 5.78 Å². The zero-order valence-corrected chi connectivity index (χ0v) is 20.6. The summed E-state index contributed by atoms with van der Waals surface area (Å²) in [5, 5.41) is 10.4. The van der Waals surface area contributed by atoms with Crippen LogP contribution in [0.5, 0.6) is 0 Å². The third kappa shape index (κ3) is 3.07. The number of carbonyl (C=O) groups excluding carboxylic acids is 1. The van der Waals surface area contributed by atoms with E-state index in [4.69, 9.17) is 0 Å². The van der Waals surface area contributed by atoms with E-state index in [0.717, 1.165) is 37.5 Å². The van der Waals surface area contributed by atoms with Gasteiger partial charge < -0.3 is 5.11 Å². The maximum Gasteiger partial charge on any atom is 0.139 e. The van der Waals surface area contributed by atoms with Gasteiger partial charge in [0.25, 0.3) is 0 Å². The van der Waals surface area contributed by atoms with Crippen molar-refractivity contribution in [1.29, 1.82) is 0 Å². The van der Waals surface area contributed by atoms with Crippen LogP contribution in [0, 0.1) is 52.3 Å². The summed E-state index contributed by atoms with van der Waals surface area (Å²) >= 11 is 2.53. The van der Waals surface area contributed by atoms with Crippen LogP contribution in [-0.4, -0.2) is 21.4 Å². The number of carbonyl (C=O) groups is 1. The van der Waals surface area contributed by atoms with E-state index >= 15 is 0 Å². The van der Waals surface area contributed by atoms with E-state index in [0.29, 0.717) is 34.9 Å². The van der Waals surface area contributed by atoms with Crippen LogP contribution >= 0.6 is 22.6 Å². The highest BCUT2D eigenvalue weighted by Gasteiger charge is 2.64. The average molecular weight is 501 g/mol. The number of Topliss-reactive ketones (excluding diaryl/α,β-unsaturated/α-hetero) is 1. The minimum Gasteiger partial charge on any atom is -0.393 e. The fourth-order valence-electron chi connectivity index (χ4n) is 8.98. The van der Waals surface area contributed by atoms with Gasteiger partial charge in [0, 0.05) is 11.8 Å². The van der Waals surface area contributed by atoms with Crippen molar-refractivity contribution < 1.29 is 9.90 Å². The molecule has 4 aliphatic carbocycles. The van der Waals surface area contributed by atoms with Gasteiger partial charge in [-0.2, -0.15) is 0 Å². The standard InChI is InChI=1S/C25H41IO2/c1-5-17-21-14-16(27)8-11-25(21,4)20-9-12-24(3)18(15(2)10-13-26)6-7-19(24)22(20)23(17)28/h15-22,27H,5-14H2,1-4H3/t15-,16-,17-,18-,19+,20+,21+,22+,24-,25-/m1/s1. The van der Waals surface area contributed by atoms with Crippen molar-refractivity contribution in [3.63, 3.8) is 0 Å². The molecule has 4 rings (SSSR count). The maximum atomic E-state index is 13.9. The van der Waals surface area contributed by atoms with Crippen LogP contribution in [0.4, 0.5) is 0 Å². The lowest BCUT2D eigenvalue weighted by molar-refractivity contribution is -0.173. The Kier molecular flexibility index (Phi) is 6.02. The van der Waals surface area contributed by atoms with E-state index < -0.39 is 0 Å². The monoisotopic (exact) mass is 500 g/mol. The molecule has 0 spiro atoms. The fourth-order valence-corrected chi connectivity index (χ4v) is 9.97. The van der Waals surface area contributed by atoms with Gasteiger partial charge >= 0.3 is 0 Å². The molecule has 0 aromatic rings. The first-order valence-corrected chi connectivity index (χ1v) is 13.6. The number of hydrogen-bond acceptors (Lipinski definition) is 2. The molecule has 10 atom stereocenters. The average Bonchev–Trinajstić information content (AvgIpc) is 3.01. The molecule has 0 unspecified atom stereocenters. The van der Waals surface area contributed by atoms with Crippen molar-refractivity contribution in [2.24, 2.45) is 52.3 Å². The summed E-state index contributed by atoms with van der Waals surface area (Å²) in [6.07, 6.45) is 10.2. The van der Waals surface area contributed by atoms with E-state index in [1.807, 2.05) is 0 Å². The van der Waals surface area contributed by atoms with Crippen LogP contribution in [0.2, 0.25) is 0 Å². The summed E-state index contributed by atoms with van der Waals surface area (Å²) in [4.78, 5) is 13.9. The Labute approximate surface area is 186 Å². The molecule has 4 aliphatic rings. The third-order valence-corrected chi connectivity index (χ3v) is 11.1. The van der Waals surface area contributed by atoms with Gasteiger partial charge in [-0.1, -0.05) is 50.3 Å². The van der Waals surface area contributed by atoms with Crippen molar-refractivity contribution in [2.45, 2.75) is 91.6 Å². The van der Waals surface area contributed by atoms with Gasteiger partial charge in [0.05, 0.1) is 6.10 Å². The molecule has 0 heterocycles. The zero-order valence-electron chi connectivity index (χ0n) is 18.4. The smallest absolute Gasteiger partial charge is 0.139 e. The second kappa shape index (κ2) is 7.80. The van der Waals surface area contributed by atoms with Crippen molar-refractivity contribution >= 4 is 28.4 Å². The summed E-state index contributed by atoms with van der Waals surface area (Å²) < 4.78 is 1.25. The lowest BCUT2D eigenvalue weighted by Crippen LogP contribution is -2.60. The molecule has 1 N–H and O–H groups in total. The third-order valence-electron chi connectivity index (χ3n) is 10.5. The van der Waals surface area contributed by atoms with Gasteiger partial charge in [-0.3, -0.25) is 4.79 Å². The van der Waals surface area contributed by atoms with Crippen molar-refractivity contribution in [3.05, 3.63) is 0 Å². The molecule has 3 heteroatoms. The number of ketones is 1. The maximum absolute atomic E-state index is 13.9. The predicted molar refractivity (Wildman–Crippen MR) is 123 cm³/mol. The van der Waals surface area contributed by atoms with E-state index in [9.17, 15) is 9.90 Å². The zero-order chi connectivity index (χ0) is 20.3. The van der Waals surface area contributed by atoms with Crippen LogP contribution in [0.1, 0.15) is 85.5 Å². The quantitative estimate of drug-likeness (QED) is 0.364. The van der Waals surface area contributed by atoms with Gasteiger partial charge in [-0.25, -0.2) is 0 Å². The SMILES string of the molecule is CC[C@H]1C(=O)[C@@H]2[C@H](CC[C@]3(C)[C@@H]([C@H](C)CCI)CC[C@@H]23)[C@@]2(C)CC[C@@H](O)C[C@@H]12. The van der Waals surface area contributed by atoms with E-state index in [-0.39, 0.29) is 17.4 Å². The Balaban J connectivity index is 1.68. The molecular formula is C25H41IO2. The summed E-state index contributed by atoms with van der Waals surface area (Å²) in [6.45, 7) is 9.75. The van der Waals surface area contributed by atoms with Gasteiger partial charge in [0.15, 0.2) is 0 Å². The Bertz CT molecular complexity index is 605. The molecule has 160 valence electrons. The first-order chi connectivity index (χ1) is 13.3. The highest BCUT2D eigenvalue weighted by atomic mass is 127. The highest BCUT2D eigenvalue weighted by molar-refractivity contribution is 14.1.